The van der Waals surface area contributed by atoms with Crippen LogP contribution in [0.1, 0.15) is 70.0 Å². The molecule has 2 saturated heterocycles. The minimum atomic E-state index is -1.29. The predicted molar refractivity (Wildman–Crippen MR) is 233 cm³/mol. The summed E-state index contributed by atoms with van der Waals surface area (Å²) in [5.74, 6) is 0.812. The van der Waals surface area contributed by atoms with Gasteiger partial charge in [-0.25, -0.2) is 47.1 Å². The van der Waals surface area contributed by atoms with Gasteiger partial charge in [0.2, 0.25) is 5.95 Å². The Morgan fingerprint density at radius 3 is 1.64 bits per heavy atom. The quantitative estimate of drug-likeness (QED) is 0.0895. The molecule has 67 heavy (non-hydrogen) atoms. The summed E-state index contributed by atoms with van der Waals surface area (Å²) in [5, 5.41) is 3.16. The molecule has 0 aliphatic carbocycles. The minimum Gasteiger partial charge on any atom is -0.485 e. The first-order valence-corrected chi connectivity index (χ1v) is 20.2. The number of nitrogens with zero attached hydrogens (tertiary/aromatic N) is 10. The van der Waals surface area contributed by atoms with Crippen LogP contribution in [-0.2, 0) is 22.7 Å². The Balaban J connectivity index is 0.000000179. The average molecular weight is 932 g/mol. The number of hydrogen-bond acceptors (Lipinski definition) is 14. The summed E-state index contributed by atoms with van der Waals surface area (Å²) in [6, 6.07) is 9.69. The first kappa shape index (κ1) is 49.1. The van der Waals surface area contributed by atoms with Gasteiger partial charge in [0.15, 0.2) is 0 Å². The highest BCUT2D eigenvalue weighted by Gasteiger charge is 2.40. The Morgan fingerprint density at radius 2 is 1.15 bits per heavy atom. The van der Waals surface area contributed by atoms with E-state index in [4.69, 9.17) is 24.7 Å². The largest absolute Gasteiger partial charge is 0.485 e. The molecule has 8 heterocycles. The number of hydrogen-bond donors (Lipinski definition) is 2. The molecule has 2 aromatic carbocycles. The number of nitrogens with one attached hydrogen (secondary N) is 1. The number of imidazole rings is 2. The van der Waals surface area contributed by atoms with Crippen molar-refractivity contribution in [1.29, 1.82) is 0 Å². The second-order valence-electron chi connectivity index (χ2n) is 15.2. The zero-order valence-electron chi connectivity index (χ0n) is 35.7. The van der Waals surface area contributed by atoms with E-state index in [1.54, 1.807) is 24.8 Å². The topological polar surface area (TPSA) is 203 Å². The number of halogens is 5. The summed E-state index contributed by atoms with van der Waals surface area (Å²) in [5.41, 5.74) is 10.6. The molecule has 4 aromatic heterocycles. The third-order valence-corrected chi connectivity index (χ3v) is 10.7. The van der Waals surface area contributed by atoms with Crippen molar-refractivity contribution in [2.75, 3.05) is 28.3 Å². The molecule has 2 fully saturated rings. The van der Waals surface area contributed by atoms with Crippen molar-refractivity contribution >= 4 is 38.2 Å². The van der Waals surface area contributed by atoms with Crippen LogP contribution in [0.25, 0.3) is 11.4 Å². The lowest BCUT2D eigenvalue weighted by atomic mass is 10.1. The molecule has 0 bridgehead atoms. The van der Waals surface area contributed by atoms with Crippen LogP contribution in [0.2, 0.25) is 0 Å². The Morgan fingerprint density at radius 1 is 0.672 bits per heavy atom. The SMILES string of the molecule is C.C[C@H](F)[C@H]1COC(=O)N1c1ccnc(F)n1.C[C@H](N)c1ncn2c1COc1cc(F)ccc1-2.C[C@H](Nc1nccc(N2C(=O)OC[C@@H]2[C@H](C)F)n1)c1ncn2c1COc1cc(F)ccc1-2.[B]. The van der Waals surface area contributed by atoms with Crippen LogP contribution in [0.3, 0.4) is 0 Å². The van der Waals surface area contributed by atoms with E-state index in [9.17, 15) is 31.5 Å². The smallest absolute Gasteiger partial charge is 0.416 e. The Hall–Kier alpha value is -7.37. The molecule has 3 N–H and O–H groups in total. The van der Waals surface area contributed by atoms with Gasteiger partial charge in [0.05, 0.1) is 40.2 Å². The fraction of sp³-hybridized carbons (Fsp3) is 0.349. The van der Waals surface area contributed by atoms with Crippen LogP contribution < -0.4 is 30.3 Å². The van der Waals surface area contributed by atoms with E-state index in [2.05, 4.69) is 35.2 Å². The van der Waals surface area contributed by atoms with Crippen LogP contribution in [0, 0.1) is 17.7 Å². The van der Waals surface area contributed by atoms with Gasteiger partial charge in [-0.3, -0.25) is 18.9 Å². The Bertz CT molecular complexity index is 2730. The molecular weight excluding hydrogens is 886 g/mol. The van der Waals surface area contributed by atoms with Crippen molar-refractivity contribution in [1.82, 2.24) is 39.0 Å². The van der Waals surface area contributed by atoms with Gasteiger partial charge in [0.1, 0.15) is 98.3 Å². The van der Waals surface area contributed by atoms with Gasteiger partial charge in [-0.05, 0) is 64.1 Å². The van der Waals surface area contributed by atoms with E-state index >= 15 is 0 Å². The van der Waals surface area contributed by atoms with Gasteiger partial charge >= 0.3 is 18.3 Å². The number of ether oxygens (including phenoxy) is 4. The molecule has 0 spiro atoms. The van der Waals surface area contributed by atoms with Gasteiger partial charge in [0, 0.05) is 39.0 Å². The molecule has 6 aromatic rings. The summed E-state index contributed by atoms with van der Waals surface area (Å²) >= 11 is 0. The summed E-state index contributed by atoms with van der Waals surface area (Å²) in [4.78, 5) is 49.7. The number of amides is 2. The maximum atomic E-state index is 13.9. The fourth-order valence-corrected chi connectivity index (χ4v) is 7.47. The molecule has 3 radical (unpaired) electrons. The minimum absolute atomic E-state index is 0. The number of anilines is 3. The second-order valence-corrected chi connectivity index (χ2v) is 15.2. The van der Waals surface area contributed by atoms with E-state index < -0.39 is 42.7 Å². The molecule has 2 amide bonds. The summed E-state index contributed by atoms with van der Waals surface area (Å²) < 4.78 is 91.2. The van der Waals surface area contributed by atoms with Crippen molar-refractivity contribution in [3.8, 4) is 22.9 Å². The van der Waals surface area contributed by atoms with Crippen LogP contribution in [-0.4, -0.2) is 97.3 Å². The molecule has 351 valence electrons. The maximum Gasteiger partial charge on any atom is 0.416 e. The third-order valence-electron chi connectivity index (χ3n) is 10.7. The van der Waals surface area contributed by atoms with Crippen molar-refractivity contribution in [3.63, 3.8) is 0 Å². The average Bonchev–Trinajstić information content (AvgIpc) is 4.09. The van der Waals surface area contributed by atoms with Crippen LogP contribution in [0.5, 0.6) is 11.5 Å². The number of aromatic nitrogens is 8. The number of cyclic esters (lactones) is 2. The zero-order valence-corrected chi connectivity index (χ0v) is 35.7. The van der Waals surface area contributed by atoms with Crippen LogP contribution in [0.4, 0.5) is 49.1 Å². The highest BCUT2D eigenvalue weighted by molar-refractivity contribution is 5.90. The van der Waals surface area contributed by atoms with Crippen LogP contribution in [0.15, 0.2) is 73.6 Å². The number of rotatable bonds is 8. The molecule has 6 atom stereocenters. The molecule has 0 unspecified atom stereocenters. The van der Waals surface area contributed by atoms with E-state index in [1.807, 2.05) is 23.0 Å². The number of alkyl halides is 2. The molecular formula is C43H45BF5N12O6. The number of nitrogens with two attached hydrogens (primary N) is 1. The molecule has 0 saturated carbocycles. The highest BCUT2D eigenvalue weighted by atomic mass is 19.1. The highest BCUT2D eigenvalue weighted by Crippen LogP contribution is 2.35. The van der Waals surface area contributed by atoms with Gasteiger partial charge in [-0.1, -0.05) is 7.43 Å². The standard InChI is InChI=1S/C21H20F2N6O3.C12H12FN3O.C9H9F2N3O2.CH4.B/c1-11(22)15-8-32-21(30)29(15)18-5-6-24-20(27-18)26-12(2)19-16-9-31-17-7-13(23)3-4-14(17)28(16)10-25-19;1-7(14)12-10-5-17-11-4-8(13)2-3-9(11)16(10)6-15-12;1-5(10)6-4-16-9(15)14(6)7-2-3-12-8(11)13-7;;/h3-7,10-12,15H,8-9H2,1-2H3,(H,24,26,27);2-4,6-7H,5,14H2,1H3;2-3,5-6H,4H2,1H3;1H4;/t11-,12-,15+;7-;5-,6+;;/m000../s1. The monoisotopic (exact) mass is 931 g/mol. The number of carbonyl (C=O) groups is 2. The first-order valence-electron chi connectivity index (χ1n) is 20.2. The molecule has 4 aliphatic rings. The van der Waals surface area contributed by atoms with Gasteiger partial charge < -0.3 is 30.0 Å². The summed E-state index contributed by atoms with van der Waals surface area (Å²) in [6.07, 6.45) is 1.09. The molecule has 18 nitrogen and oxygen atoms in total. The van der Waals surface area contributed by atoms with Crippen molar-refractivity contribution in [2.45, 2.75) is 84.8 Å². The van der Waals surface area contributed by atoms with E-state index in [1.165, 1.54) is 61.3 Å². The van der Waals surface area contributed by atoms with E-state index in [0.29, 0.717) is 29.5 Å². The van der Waals surface area contributed by atoms with E-state index in [0.717, 1.165) is 33.9 Å². The second kappa shape index (κ2) is 20.4. The number of benzene rings is 2. The lowest BCUT2D eigenvalue weighted by Crippen LogP contribution is -2.39. The summed E-state index contributed by atoms with van der Waals surface area (Å²) in [7, 11) is 0. The number of carbonyl (C=O) groups excluding carboxylic acids is 2. The maximum absolute atomic E-state index is 13.9. The van der Waals surface area contributed by atoms with Crippen molar-refractivity contribution in [2.24, 2.45) is 5.73 Å². The van der Waals surface area contributed by atoms with Gasteiger partial charge in [0.25, 0.3) is 0 Å². The van der Waals surface area contributed by atoms with Crippen molar-refractivity contribution < 1.29 is 50.5 Å². The molecule has 24 heteroatoms. The lowest BCUT2D eigenvalue weighted by molar-refractivity contribution is 0.173. The zero-order chi connectivity index (χ0) is 46.1. The fourth-order valence-electron chi connectivity index (χ4n) is 7.47. The normalized spacial score (nSPS) is 18.1. The van der Waals surface area contributed by atoms with Gasteiger partial charge in [-0.15, -0.1) is 0 Å². The Kier molecular flexibility index (Phi) is 15.0. The van der Waals surface area contributed by atoms with E-state index in [-0.39, 0.29) is 77.0 Å². The Labute approximate surface area is 382 Å². The lowest BCUT2D eigenvalue weighted by Gasteiger charge is -2.23. The summed E-state index contributed by atoms with van der Waals surface area (Å²) in [6.45, 7) is 6.94. The molecule has 4 aliphatic heterocycles. The first-order chi connectivity index (χ1) is 31.2. The van der Waals surface area contributed by atoms with Crippen LogP contribution >= 0.6 is 0 Å². The third kappa shape index (κ3) is 10.1. The number of fused-ring (bicyclic) bond motifs is 6. The van der Waals surface area contributed by atoms with Gasteiger partial charge in [-0.2, -0.15) is 14.4 Å². The van der Waals surface area contributed by atoms with Crippen molar-refractivity contribution in [3.05, 3.63) is 114 Å². The molecule has 10 rings (SSSR count). The predicted octanol–water partition coefficient (Wildman–Crippen LogP) is 7.03.